The van der Waals surface area contributed by atoms with Crippen molar-refractivity contribution in [2.45, 2.75) is 51.0 Å². The highest BCUT2D eigenvalue weighted by molar-refractivity contribution is 4.89. The molecular weight excluding hydrogens is 142 g/mol. The first-order valence-corrected chi connectivity index (χ1v) is 4.23. The molecular formula is C8H17NO2. The lowest BCUT2D eigenvalue weighted by Gasteiger charge is -2.20. The van der Waals surface area contributed by atoms with Crippen molar-refractivity contribution in [3.05, 3.63) is 0 Å². The van der Waals surface area contributed by atoms with E-state index in [1.54, 1.807) is 0 Å². The largest absolute Gasteiger partial charge is 0.390 e. The number of hydrogen-bond donors (Lipinski definition) is 3. The molecule has 0 aromatic heterocycles. The number of rotatable bonds is 2. The predicted octanol–water partition coefficient (Wildman–Crippen LogP) is -0.131. The van der Waals surface area contributed by atoms with Crippen molar-refractivity contribution in [3.8, 4) is 0 Å². The molecule has 0 unspecified atom stereocenters. The average Bonchev–Trinajstić information content (AvgIpc) is 2.18. The van der Waals surface area contributed by atoms with Gasteiger partial charge in [-0.1, -0.05) is 13.8 Å². The molecule has 0 aromatic rings. The highest BCUT2D eigenvalue weighted by atomic mass is 16.3. The lowest BCUT2D eigenvalue weighted by Crippen LogP contribution is -2.42. The van der Waals surface area contributed by atoms with Gasteiger partial charge in [-0.05, 0) is 12.8 Å². The summed E-state index contributed by atoms with van der Waals surface area (Å²) in [6, 6.07) is 0.463. The fourth-order valence-electron chi connectivity index (χ4n) is 1.57. The van der Waals surface area contributed by atoms with Gasteiger partial charge in [0.1, 0.15) is 0 Å². The normalized spacial score (nSPS) is 38.5. The van der Waals surface area contributed by atoms with Crippen LogP contribution < -0.4 is 5.32 Å². The van der Waals surface area contributed by atoms with Gasteiger partial charge in [-0.15, -0.1) is 0 Å². The quantitative estimate of drug-likeness (QED) is 0.526. The van der Waals surface area contributed by atoms with E-state index in [9.17, 15) is 10.2 Å². The van der Waals surface area contributed by atoms with Crippen LogP contribution >= 0.6 is 0 Å². The zero-order valence-corrected chi connectivity index (χ0v) is 7.12. The molecule has 3 heteroatoms. The number of nitrogens with one attached hydrogen (secondary N) is 1. The third-order valence-electron chi connectivity index (χ3n) is 2.13. The Morgan fingerprint density at radius 3 is 2.27 bits per heavy atom. The SMILES string of the molecule is CC(C)N[C@@H]1CC[C@H](O)[C@H]1O. The van der Waals surface area contributed by atoms with E-state index in [1.807, 2.05) is 13.8 Å². The van der Waals surface area contributed by atoms with Gasteiger partial charge in [0, 0.05) is 12.1 Å². The molecule has 0 aromatic carbocycles. The molecule has 3 nitrogen and oxygen atoms in total. The minimum Gasteiger partial charge on any atom is -0.390 e. The Balaban J connectivity index is 2.36. The monoisotopic (exact) mass is 159 g/mol. The summed E-state index contributed by atoms with van der Waals surface area (Å²) in [5.41, 5.74) is 0. The van der Waals surface area contributed by atoms with Gasteiger partial charge in [0.2, 0.25) is 0 Å². The van der Waals surface area contributed by atoms with Gasteiger partial charge < -0.3 is 15.5 Å². The first kappa shape index (κ1) is 8.97. The zero-order chi connectivity index (χ0) is 8.43. The van der Waals surface area contributed by atoms with Crippen molar-refractivity contribution in [1.82, 2.24) is 5.32 Å². The van der Waals surface area contributed by atoms with Crippen molar-refractivity contribution in [2.24, 2.45) is 0 Å². The maximum atomic E-state index is 9.39. The van der Waals surface area contributed by atoms with Crippen LogP contribution in [0.15, 0.2) is 0 Å². The van der Waals surface area contributed by atoms with Gasteiger partial charge in [-0.3, -0.25) is 0 Å². The molecule has 3 N–H and O–H groups in total. The van der Waals surface area contributed by atoms with E-state index in [1.165, 1.54) is 0 Å². The van der Waals surface area contributed by atoms with E-state index in [-0.39, 0.29) is 6.04 Å². The summed E-state index contributed by atoms with van der Waals surface area (Å²) in [5.74, 6) is 0. The second-order valence-corrected chi connectivity index (χ2v) is 3.56. The molecule has 66 valence electrons. The lowest BCUT2D eigenvalue weighted by molar-refractivity contribution is 0.0289. The maximum Gasteiger partial charge on any atom is 0.0951 e. The van der Waals surface area contributed by atoms with Crippen LogP contribution in [0.4, 0.5) is 0 Å². The standard InChI is InChI=1S/C8H17NO2/c1-5(2)9-6-3-4-7(10)8(6)11/h5-11H,3-4H2,1-2H3/t6-,7+,8+/m1/s1. The number of hydrogen-bond acceptors (Lipinski definition) is 3. The van der Waals surface area contributed by atoms with E-state index in [2.05, 4.69) is 5.32 Å². The summed E-state index contributed by atoms with van der Waals surface area (Å²) in [5, 5.41) is 21.8. The summed E-state index contributed by atoms with van der Waals surface area (Å²) < 4.78 is 0. The van der Waals surface area contributed by atoms with E-state index in [0.29, 0.717) is 12.5 Å². The second-order valence-electron chi connectivity index (χ2n) is 3.56. The third kappa shape index (κ3) is 2.15. The molecule has 11 heavy (non-hydrogen) atoms. The van der Waals surface area contributed by atoms with Crippen molar-refractivity contribution in [2.75, 3.05) is 0 Å². The van der Waals surface area contributed by atoms with Gasteiger partial charge in [-0.2, -0.15) is 0 Å². The van der Waals surface area contributed by atoms with Crippen molar-refractivity contribution in [3.63, 3.8) is 0 Å². The van der Waals surface area contributed by atoms with Crippen LogP contribution in [0, 0.1) is 0 Å². The average molecular weight is 159 g/mol. The first-order valence-electron chi connectivity index (χ1n) is 4.23. The molecule has 1 saturated carbocycles. The van der Waals surface area contributed by atoms with Crippen LogP contribution in [0.25, 0.3) is 0 Å². The van der Waals surface area contributed by atoms with Crippen molar-refractivity contribution < 1.29 is 10.2 Å². The lowest BCUT2D eigenvalue weighted by atomic mass is 10.2. The Kier molecular flexibility index (Phi) is 2.87. The van der Waals surface area contributed by atoms with E-state index >= 15 is 0 Å². The Labute approximate surface area is 67.4 Å². The highest BCUT2D eigenvalue weighted by Crippen LogP contribution is 2.19. The maximum absolute atomic E-state index is 9.39. The Hall–Kier alpha value is -0.120. The van der Waals surface area contributed by atoms with Crippen molar-refractivity contribution >= 4 is 0 Å². The topological polar surface area (TPSA) is 52.5 Å². The minimum atomic E-state index is -0.572. The summed E-state index contributed by atoms with van der Waals surface area (Å²) in [4.78, 5) is 0. The van der Waals surface area contributed by atoms with Crippen LogP contribution in [-0.4, -0.2) is 34.5 Å². The van der Waals surface area contributed by atoms with Gasteiger partial charge in [0.15, 0.2) is 0 Å². The minimum absolute atomic E-state index is 0.0880. The van der Waals surface area contributed by atoms with Crippen molar-refractivity contribution in [1.29, 1.82) is 0 Å². The molecule has 0 spiro atoms. The molecule has 1 aliphatic rings. The molecule has 0 heterocycles. The van der Waals surface area contributed by atoms with Crippen LogP contribution in [0.2, 0.25) is 0 Å². The van der Waals surface area contributed by atoms with Gasteiger partial charge >= 0.3 is 0 Å². The van der Waals surface area contributed by atoms with Gasteiger partial charge in [0.05, 0.1) is 12.2 Å². The van der Waals surface area contributed by atoms with Gasteiger partial charge in [0.25, 0.3) is 0 Å². The predicted molar refractivity (Wildman–Crippen MR) is 43.3 cm³/mol. The van der Waals surface area contributed by atoms with Crippen LogP contribution in [-0.2, 0) is 0 Å². The van der Waals surface area contributed by atoms with Crippen LogP contribution in [0.5, 0.6) is 0 Å². The van der Waals surface area contributed by atoms with E-state index in [0.717, 1.165) is 6.42 Å². The molecule has 0 aliphatic heterocycles. The van der Waals surface area contributed by atoms with E-state index < -0.39 is 12.2 Å². The van der Waals surface area contributed by atoms with Crippen LogP contribution in [0.1, 0.15) is 26.7 Å². The molecule has 0 radical (unpaired) electrons. The molecule has 0 amide bonds. The number of aliphatic hydroxyl groups excluding tert-OH is 2. The van der Waals surface area contributed by atoms with Gasteiger partial charge in [-0.25, -0.2) is 0 Å². The summed E-state index contributed by atoms with van der Waals surface area (Å²) in [6.45, 7) is 4.08. The fourth-order valence-corrected chi connectivity index (χ4v) is 1.57. The molecule has 0 bridgehead atoms. The third-order valence-corrected chi connectivity index (χ3v) is 2.13. The highest BCUT2D eigenvalue weighted by Gasteiger charge is 2.33. The first-order chi connectivity index (χ1) is 5.11. The molecule has 1 fully saturated rings. The zero-order valence-electron chi connectivity index (χ0n) is 7.12. The Morgan fingerprint density at radius 2 is 1.91 bits per heavy atom. The summed E-state index contributed by atoms with van der Waals surface area (Å²) >= 11 is 0. The smallest absolute Gasteiger partial charge is 0.0951 e. The fraction of sp³-hybridized carbons (Fsp3) is 1.00. The Bertz CT molecular complexity index is 127. The number of aliphatic hydroxyl groups is 2. The summed E-state index contributed by atoms with van der Waals surface area (Å²) in [6.07, 6.45) is 0.496. The summed E-state index contributed by atoms with van der Waals surface area (Å²) in [7, 11) is 0. The van der Waals surface area contributed by atoms with Crippen LogP contribution in [0.3, 0.4) is 0 Å². The molecule has 0 saturated heterocycles. The molecule has 1 aliphatic carbocycles. The molecule has 3 atom stereocenters. The second kappa shape index (κ2) is 3.52. The molecule has 1 rings (SSSR count). The Morgan fingerprint density at radius 1 is 1.27 bits per heavy atom. The van der Waals surface area contributed by atoms with E-state index in [4.69, 9.17) is 0 Å².